The summed E-state index contributed by atoms with van der Waals surface area (Å²) in [5, 5.41) is 8.77. The summed E-state index contributed by atoms with van der Waals surface area (Å²) in [7, 11) is 0. The van der Waals surface area contributed by atoms with Gasteiger partial charge in [-0.15, -0.1) is 0 Å². The van der Waals surface area contributed by atoms with Crippen molar-refractivity contribution in [2.45, 2.75) is 39.3 Å². The molecule has 2 atom stereocenters. The number of pyridine rings is 1. The van der Waals surface area contributed by atoms with Crippen molar-refractivity contribution >= 4 is 16.8 Å². The minimum absolute atomic E-state index is 0.0416. The van der Waals surface area contributed by atoms with E-state index in [2.05, 4.69) is 27.5 Å². The number of hydrogen-bond donors (Lipinski definition) is 1. The van der Waals surface area contributed by atoms with Crippen LogP contribution in [0, 0.1) is 19.8 Å². The third-order valence-electron chi connectivity index (χ3n) is 5.42. The normalized spacial score (nSPS) is 19.2. The Bertz CT molecular complexity index is 976. The monoisotopic (exact) mass is 378 g/mol. The number of aromatic nitrogens is 3. The van der Waals surface area contributed by atoms with Gasteiger partial charge in [-0.25, -0.2) is 0 Å². The zero-order chi connectivity index (χ0) is 19.5. The Kier molecular flexibility index (Phi) is 5.39. The van der Waals surface area contributed by atoms with Gasteiger partial charge in [-0.05, 0) is 44.0 Å². The first-order valence-corrected chi connectivity index (χ1v) is 9.81. The van der Waals surface area contributed by atoms with E-state index in [-0.39, 0.29) is 17.9 Å². The van der Waals surface area contributed by atoms with E-state index in [1.54, 1.807) is 0 Å². The van der Waals surface area contributed by atoms with E-state index >= 15 is 0 Å². The Balaban J connectivity index is 1.38. The van der Waals surface area contributed by atoms with Crippen molar-refractivity contribution in [2.24, 2.45) is 5.92 Å². The Morgan fingerprint density at radius 1 is 1.25 bits per heavy atom. The Morgan fingerprint density at radius 2 is 2.11 bits per heavy atom. The minimum Gasteiger partial charge on any atom is -0.379 e. The number of aryl methyl sites for hydroxylation is 3. The summed E-state index contributed by atoms with van der Waals surface area (Å²) in [5.41, 5.74) is 4.32. The predicted molar refractivity (Wildman–Crippen MR) is 108 cm³/mol. The van der Waals surface area contributed by atoms with Crippen LogP contribution < -0.4 is 5.32 Å². The predicted octanol–water partition coefficient (Wildman–Crippen LogP) is 2.81. The van der Waals surface area contributed by atoms with Gasteiger partial charge in [0.05, 0.1) is 30.5 Å². The highest BCUT2D eigenvalue weighted by molar-refractivity contribution is 5.82. The van der Waals surface area contributed by atoms with Gasteiger partial charge in [0.25, 0.3) is 0 Å². The van der Waals surface area contributed by atoms with Crippen LogP contribution in [0.5, 0.6) is 0 Å². The smallest absolute Gasteiger partial charge is 0.222 e. The first-order valence-electron chi connectivity index (χ1n) is 9.81. The van der Waals surface area contributed by atoms with Gasteiger partial charge in [0.15, 0.2) is 0 Å². The molecule has 1 N–H and O–H groups in total. The highest BCUT2D eigenvalue weighted by Crippen LogP contribution is 2.24. The largest absolute Gasteiger partial charge is 0.379 e. The van der Waals surface area contributed by atoms with Gasteiger partial charge in [-0.3, -0.25) is 14.5 Å². The Morgan fingerprint density at radius 3 is 2.93 bits per heavy atom. The summed E-state index contributed by atoms with van der Waals surface area (Å²) in [5.74, 6) is 0.316. The standard InChI is InChI=1S/C22H26N4O2/c1-15-11-16(2)26(25-15)10-8-22(27)24-21-14-28-13-18(21)12-17-7-9-23-20-6-4-3-5-19(17)20/h3-7,9,11,18,21H,8,10,12-14H2,1-2H3,(H,24,27)/t18-,21+/m1/s1. The molecule has 28 heavy (non-hydrogen) atoms. The molecule has 1 aromatic carbocycles. The van der Waals surface area contributed by atoms with Crippen molar-refractivity contribution in [3.63, 3.8) is 0 Å². The van der Waals surface area contributed by atoms with Crippen LogP contribution in [0.2, 0.25) is 0 Å². The van der Waals surface area contributed by atoms with Crippen LogP contribution in [0.25, 0.3) is 10.9 Å². The van der Waals surface area contributed by atoms with Crippen LogP contribution in [0.3, 0.4) is 0 Å². The number of para-hydroxylation sites is 1. The minimum atomic E-state index is 0.0416. The van der Waals surface area contributed by atoms with Crippen LogP contribution in [-0.4, -0.2) is 39.9 Å². The number of benzene rings is 1. The molecule has 0 radical (unpaired) electrons. The van der Waals surface area contributed by atoms with Crippen molar-refractivity contribution in [1.29, 1.82) is 0 Å². The molecule has 0 bridgehead atoms. The summed E-state index contributed by atoms with van der Waals surface area (Å²) in [6.45, 7) is 5.81. The van der Waals surface area contributed by atoms with Crippen molar-refractivity contribution in [1.82, 2.24) is 20.1 Å². The number of amides is 1. The molecular formula is C22H26N4O2. The van der Waals surface area contributed by atoms with E-state index in [0.717, 1.165) is 23.3 Å². The van der Waals surface area contributed by atoms with Crippen molar-refractivity contribution in [3.8, 4) is 0 Å². The molecular weight excluding hydrogens is 352 g/mol. The second-order valence-corrected chi connectivity index (χ2v) is 7.56. The van der Waals surface area contributed by atoms with Gasteiger partial charge in [0.2, 0.25) is 5.91 Å². The second-order valence-electron chi connectivity index (χ2n) is 7.56. The van der Waals surface area contributed by atoms with E-state index < -0.39 is 0 Å². The number of nitrogens with one attached hydrogen (secondary N) is 1. The second kappa shape index (κ2) is 8.10. The molecule has 0 unspecified atom stereocenters. The van der Waals surface area contributed by atoms with Crippen LogP contribution >= 0.6 is 0 Å². The third kappa shape index (κ3) is 4.07. The Hall–Kier alpha value is -2.73. The lowest BCUT2D eigenvalue weighted by Gasteiger charge is -2.20. The van der Waals surface area contributed by atoms with Gasteiger partial charge >= 0.3 is 0 Å². The summed E-state index contributed by atoms with van der Waals surface area (Å²) >= 11 is 0. The average Bonchev–Trinajstić information content (AvgIpc) is 3.25. The number of hydrogen-bond acceptors (Lipinski definition) is 4. The molecule has 0 saturated carbocycles. The van der Waals surface area contributed by atoms with Crippen molar-refractivity contribution in [3.05, 3.63) is 59.5 Å². The first-order chi connectivity index (χ1) is 13.6. The van der Waals surface area contributed by atoms with Gasteiger partial charge in [0, 0.05) is 36.2 Å². The fraction of sp³-hybridized carbons (Fsp3) is 0.409. The van der Waals surface area contributed by atoms with Crippen LogP contribution in [0.15, 0.2) is 42.6 Å². The molecule has 0 spiro atoms. The molecule has 0 aliphatic carbocycles. The fourth-order valence-electron chi connectivity index (χ4n) is 3.96. The van der Waals surface area contributed by atoms with Gasteiger partial charge < -0.3 is 10.1 Å². The lowest BCUT2D eigenvalue weighted by molar-refractivity contribution is -0.122. The number of nitrogens with zero attached hydrogens (tertiary/aromatic N) is 3. The van der Waals surface area contributed by atoms with E-state index in [0.29, 0.717) is 26.2 Å². The maximum atomic E-state index is 12.5. The number of carbonyl (C=O) groups is 1. The zero-order valence-corrected chi connectivity index (χ0v) is 16.4. The lowest BCUT2D eigenvalue weighted by atomic mass is 9.93. The van der Waals surface area contributed by atoms with Gasteiger partial charge in [0.1, 0.15) is 0 Å². The van der Waals surface area contributed by atoms with Crippen molar-refractivity contribution < 1.29 is 9.53 Å². The first kappa shape index (κ1) is 18.6. The van der Waals surface area contributed by atoms with E-state index in [1.165, 1.54) is 10.9 Å². The van der Waals surface area contributed by atoms with Gasteiger partial charge in [-0.2, -0.15) is 5.10 Å². The molecule has 3 heterocycles. The van der Waals surface area contributed by atoms with Gasteiger partial charge in [-0.1, -0.05) is 18.2 Å². The molecule has 6 heteroatoms. The summed E-state index contributed by atoms with van der Waals surface area (Å²) in [6, 6.07) is 12.3. The number of rotatable bonds is 6. The molecule has 6 nitrogen and oxygen atoms in total. The summed E-state index contributed by atoms with van der Waals surface area (Å²) < 4.78 is 7.58. The van der Waals surface area contributed by atoms with Crippen LogP contribution in [-0.2, 0) is 22.5 Å². The molecule has 4 rings (SSSR count). The molecule has 1 aliphatic heterocycles. The number of carbonyl (C=O) groups excluding carboxylic acids is 1. The van der Waals surface area contributed by atoms with E-state index in [4.69, 9.17) is 4.74 Å². The number of ether oxygens (including phenoxy) is 1. The maximum absolute atomic E-state index is 12.5. The molecule has 3 aromatic rings. The molecule has 1 saturated heterocycles. The Labute approximate surface area is 164 Å². The molecule has 1 fully saturated rings. The third-order valence-corrected chi connectivity index (χ3v) is 5.42. The summed E-state index contributed by atoms with van der Waals surface area (Å²) in [6.07, 6.45) is 3.14. The van der Waals surface area contributed by atoms with Crippen LogP contribution in [0.4, 0.5) is 0 Å². The fourth-order valence-corrected chi connectivity index (χ4v) is 3.96. The summed E-state index contributed by atoms with van der Waals surface area (Å²) in [4.78, 5) is 16.9. The van der Waals surface area contributed by atoms with E-state index in [9.17, 15) is 4.79 Å². The lowest BCUT2D eigenvalue weighted by Crippen LogP contribution is -2.41. The topological polar surface area (TPSA) is 69.0 Å². The highest BCUT2D eigenvalue weighted by atomic mass is 16.5. The van der Waals surface area contributed by atoms with Crippen LogP contribution in [0.1, 0.15) is 23.4 Å². The number of fused-ring (bicyclic) bond motifs is 1. The molecule has 2 aromatic heterocycles. The zero-order valence-electron chi connectivity index (χ0n) is 16.4. The molecule has 146 valence electrons. The molecule has 1 amide bonds. The average molecular weight is 378 g/mol. The maximum Gasteiger partial charge on any atom is 0.222 e. The van der Waals surface area contributed by atoms with Crippen molar-refractivity contribution in [2.75, 3.05) is 13.2 Å². The quantitative estimate of drug-likeness (QED) is 0.716. The van der Waals surface area contributed by atoms with E-state index in [1.807, 2.05) is 49.0 Å². The SMILES string of the molecule is Cc1cc(C)n(CCC(=O)N[C@H]2COC[C@H]2Cc2ccnc3ccccc23)n1. The highest BCUT2D eigenvalue weighted by Gasteiger charge is 2.30. The molecule has 1 aliphatic rings.